The van der Waals surface area contributed by atoms with Gasteiger partial charge in [-0.25, -0.2) is 4.79 Å². The second-order valence-electron chi connectivity index (χ2n) is 6.53. The second-order valence-corrected chi connectivity index (χ2v) is 7.44. The van der Waals surface area contributed by atoms with Gasteiger partial charge >= 0.3 is 11.9 Å². The topological polar surface area (TPSA) is 201 Å². The number of hydroxylamine groups is 1. The third kappa shape index (κ3) is 9.55. The fourth-order valence-electron chi connectivity index (χ4n) is 2.35. The summed E-state index contributed by atoms with van der Waals surface area (Å²) in [4.78, 5) is 58.0. The molecule has 31 heavy (non-hydrogen) atoms. The number of carboxylic acids is 2. The molecule has 8 N–H and O–H groups in total. The van der Waals surface area contributed by atoms with Crippen molar-refractivity contribution in [1.82, 2.24) is 10.6 Å². The molecule has 0 radical (unpaired) electrons. The van der Waals surface area contributed by atoms with E-state index in [1.165, 1.54) is 12.1 Å². The molecule has 1 aromatic rings. The van der Waals surface area contributed by atoms with Crippen LogP contribution in [0.5, 0.6) is 0 Å². The van der Waals surface area contributed by atoms with E-state index in [1.54, 1.807) is 12.1 Å². The van der Waals surface area contributed by atoms with E-state index in [0.29, 0.717) is 5.06 Å². The summed E-state index contributed by atoms with van der Waals surface area (Å²) in [5.41, 5.74) is 3.57. The maximum atomic E-state index is 12.2. The predicted octanol–water partition coefficient (Wildman–Crippen LogP) is -0.888. The number of nitrogens with zero attached hydrogens (tertiary/aromatic N) is 1. The molecule has 0 saturated carbocycles. The molecule has 0 saturated heterocycles. The number of halogens is 1. The Morgan fingerprint density at radius 1 is 1.03 bits per heavy atom. The number of anilines is 1. The van der Waals surface area contributed by atoms with Gasteiger partial charge in [0.05, 0.1) is 5.69 Å². The largest absolute Gasteiger partial charge is 0.480 e. The standard InChI is InChI=1S/C18H23BrN4O8/c19-10-1-3-11(4-2-10)23(31)15(25)8-6-13(17(28)21-9-16(26)27)22-14(24)7-5-12(20)18(29)30/h1-4,12-13,31H,5-9,20H2,(H,21,28)(H,22,24)(H,26,27)(H,29,30)/p+1/t12-,13+/m0/s1. The van der Waals surface area contributed by atoms with Crippen LogP contribution in [0.4, 0.5) is 5.69 Å². The molecule has 0 aliphatic heterocycles. The average molecular weight is 504 g/mol. The molecule has 0 bridgehead atoms. The Morgan fingerprint density at radius 2 is 1.65 bits per heavy atom. The van der Waals surface area contributed by atoms with E-state index in [2.05, 4.69) is 32.3 Å². The molecule has 12 nitrogen and oxygen atoms in total. The molecule has 0 heterocycles. The van der Waals surface area contributed by atoms with Crippen molar-refractivity contribution in [2.75, 3.05) is 11.6 Å². The number of carbonyl (C=O) groups is 5. The quantitative estimate of drug-likeness (QED) is 0.155. The van der Waals surface area contributed by atoms with Crippen molar-refractivity contribution in [1.29, 1.82) is 0 Å². The molecule has 1 rings (SSSR count). The van der Waals surface area contributed by atoms with Gasteiger partial charge in [-0.3, -0.25) is 24.4 Å². The van der Waals surface area contributed by atoms with Crippen LogP contribution >= 0.6 is 15.9 Å². The molecule has 0 aliphatic rings. The summed E-state index contributed by atoms with van der Waals surface area (Å²) < 4.78 is 0.738. The molecule has 170 valence electrons. The highest BCUT2D eigenvalue weighted by Crippen LogP contribution is 2.18. The van der Waals surface area contributed by atoms with Crippen molar-refractivity contribution < 1.29 is 45.1 Å². The van der Waals surface area contributed by atoms with Gasteiger partial charge in [0, 0.05) is 23.7 Å². The number of nitrogens with one attached hydrogen (secondary N) is 2. The summed E-state index contributed by atoms with van der Waals surface area (Å²) in [6.45, 7) is -0.690. The van der Waals surface area contributed by atoms with E-state index in [4.69, 9.17) is 10.2 Å². The van der Waals surface area contributed by atoms with Crippen LogP contribution in [0.1, 0.15) is 25.7 Å². The van der Waals surface area contributed by atoms with Gasteiger partial charge in [-0.2, -0.15) is 5.06 Å². The zero-order valence-electron chi connectivity index (χ0n) is 16.4. The van der Waals surface area contributed by atoms with Gasteiger partial charge < -0.3 is 26.6 Å². The Balaban J connectivity index is 2.74. The van der Waals surface area contributed by atoms with Gasteiger partial charge in [0.15, 0.2) is 6.04 Å². The SMILES string of the molecule is [NH3+][C@@H](CCC(=O)N[C@H](CCC(=O)N(O)c1ccc(Br)cc1)C(=O)NCC(=O)O)C(=O)O. The van der Waals surface area contributed by atoms with Crippen molar-refractivity contribution in [2.24, 2.45) is 0 Å². The first kappa shape index (κ1) is 26.0. The lowest BCUT2D eigenvalue weighted by molar-refractivity contribution is -0.408. The van der Waals surface area contributed by atoms with E-state index >= 15 is 0 Å². The maximum Gasteiger partial charge on any atom is 0.362 e. The number of hydrogen-bond donors (Lipinski definition) is 6. The first-order valence-electron chi connectivity index (χ1n) is 9.13. The highest BCUT2D eigenvalue weighted by atomic mass is 79.9. The van der Waals surface area contributed by atoms with E-state index < -0.39 is 48.3 Å². The molecular formula is C18H24BrN4O8+. The van der Waals surface area contributed by atoms with Gasteiger partial charge in [0.25, 0.3) is 5.91 Å². The number of carbonyl (C=O) groups excluding carboxylic acids is 3. The Labute approximate surface area is 185 Å². The number of benzene rings is 1. The highest BCUT2D eigenvalue weighted by Gasteiger charge is 2.25. The summed E-state index contributed by atoms with van der Waals surface area (Å²) >= 11 is 3.23. The van der Waals surface area contributed by atoms with Gasteiger partial charge in [-0.1, -0.05) is 15.9 Å². The minimum absolute atomic E-state index is 0.0719. The number of hydrogen-bond acceptors (Lipinski definition) is 6. The number of amides is 3. The molecule has 0 aliphatic carbocycles. The summed E-state index contributed by atoms with van der Waals surface area (Å²) in [7, 11) is 0. The fourth-order valence-corrected chi connectivity index (χ4v) is 2.61. The van der Waals surface area contributed by atoms with Gasteiger partial charge in [-0.05, 0) is 30.7 Å². The minimum atomic E-state index is -1.30. The Bertz CT molecular complexity index is 817. The van der Waals surface area contributed by atoms with E-state index in [9.17, 15) is 29.2 Å². The Morgan fingerprint density at radius 3 is 2.19 bits per heavy atom. The molecule has 0 aromatic heterocycles. The molecule has 0 unspecified atom stereocenters. The maximum absolute atomic E-state index is 12.2. The zero-order valence-corrected chi connectivity index (χ0v) is 18.0. The van der Waals surface area contributed by atoms with Crippen molar-refractivity contribution >= 4 is 51.3 Å². The molecular weight excluding hydrogens is 480 g/mol. The van der Waals surface area contributed by atoms with E-state index in [-0.39, 0.29) is 31.4 Å². The van der Waals surface area contributed by atoms with Crippen LogP contribution in [0.2, 0.25) is 0 Å². The van der Waals surface area contributed by atoms with E-state index in [1.807, 2.05) is 0 Å². The highest BCUT2D eigenvalue weighted by molar-refractivity contribution is 9.10. The Kier molecular flexibility index (Phi) is 10.6. The minimum Gasteiger partial charge on any atom is -0.480 e. The average Bonchev–Trinajstić information content (AvgIpc) is 2.72. The van der Waals surface area contributed by atoms with Crippen molar-refractivity contribution in [2.45, 2.75) is 37.8 Å². The van der Waals surface area contributed by atoms with Crippen molar-refractivity contribution in [3.05, 3.63) is 28.7 Å². The number of aliphatic carboxylic acids is 2. The van der Waals surface area contributed by atoms with Crippen LogP contribution < -0.4 is 21.4 Å². The summed E-state index contributed by atoms with van der Waals surface area (Å²) in [6.07, 6.45) is -0.874. The lowest BCUT2D eigenvalue weighted by atomic mass is 10.1. The molecule has 0 spiro atoms. The number of rotatable bonds is 12. The lowest BCUT2D eigenvalue weighted by Crippen LogP contribution is -2.65. The smallest absolute Gasteiger partial charge is 0.362 e. The lowest BCUT2D eigenvalue weighted by Gasteiger charge is -2.20. The molecule has 0 fully saturated rings. The van der Waals surface area contributed by atoms with Crippen LogP contribution in [0.25, 0.3) is 0 Å². The first-order chi connectivity index (χ1) is 14.5. The molecule has 1 aromatic carbocycles. The van der Waals surface area contributed by atoms with Crippen molar-refractivity contribution in [3.8, 4) is 0 Å². The Hall–Kier alpha value is -3.03. The predicted molar refractivity (Wildman–Crippen MR) is 109 cm³/mol. The zero-order chi connectivity index (χ0) is 23.6. The second kappa shape index (κ2) is 12.6. The van der Waals surface area contributed by atoms with E-state index in [0.717, 1.165) is 4.47 Å². The van der Waals surface area contributed by atoms with Gasteiger partial charge in [0.1, 0.15) is 12.6 Å². The summed E-state index contributed by atoms with van der Waals surface area (Å²) in [5, 5.41) is 32.4. The van der Waals surface area contributed by atoms with Crippen LogP contribution in [0, 0.1) is 0 Å². The monoisotopic (exact) mass is 503 g/mol. The normalized spacial score (nSPS) is 12.4. The third-order valence-corrected chi connectivity index (χ3v) is 4.62. The van der Waals surface area contributed by atoms with Crippen LogP contribution in [-0.4, -0.2) is 63.7 Å². The fraction of sp³-hybridized carbons (Fsp3) is 0.389. The number of quaternary nitrogens is 1. The summed E-state index contributed by atoms with van der Waals surface area (Å²) in [5.74, 6) is -4.72. The molecule has 2 atom stereocenters. The summed E-state index contributed by atoms with van der Waals surface area (Å²) in [6, 6.07) is 3.92. The van der Waals surface area contributed by atoms with Gasteiger partial charge in [0.2, 0.25) is 11.8 Å². The van der Waals surface area contributed by atoms with Crippen molar-refractivity contribution in [3.63, 3.8) is 0 Å². The molecule has 3 amide bonds. The number of carboxylic acid groups (broad SMARTS) is 2. The first-order valence-corrected chi connectivity index (χ1v) is 9.92. The van der Waals surface area contributed by atoms with Crippen LogP contribution in [-0.2, 0) is 24.0 Å². The van der Waals surface area contributed by atoms with Gasteiger partial charge in [-0.15, -0.1) is 0 Å². The molecule has 13 heteroatoms. The van der Waals surface area contributed by atoms with Crippen LogP contribution in [0.15, 0.2) is 28.7 Å². The van der Waals surface area contributed by atoms with Crippen LogP contribution in [0.3, 0.4) is 0 Å². The third-order valence-electron chi connectivity index (χ3n) is 4.09.